The van der Waals surface area contributed by atoms with Gasteiger partial charge in [-0.15, -0.1) is 0 Å². The van der Waals surface area contributed by atoms with E-state index in [0.29, 0.717) is 18.7 Å². The second kappa shape index (κ2) is 6.71. The second-order valence-electron chi connectivity index (χ2n) is 6.71. The molecule has 0 saturated carbocycles. The van der Waals surface area contributed by atoms with Crippen LogP contribution < -0.4 is 4.90 Å². The van der Waals surface area contributed by atoms with Crippen LogP contribution in [0.1, 0.15) is 15.9 Å². The van der Waals surface area contributed by atoms with Crippen molar-refractivity contribution in [2.75, 3.05) is 31.1 Å². The SMILES string of the molecule is Cc1cccc(N2CCN(C(=O)c3cnn(C)c3-n3cccc3)CC2)c1. The van der Waals surface area contributed by atoms with Gasteiger partial charge in [-0.3, -0.25) is 9.48 Å². The van der Waals surface area contributed by atoms with Gasteiger partial charge in [0.15, 0.2) is 0 Å². The molecule has 0 aliphatic carbocycles. The number of aryl methyl sites for hydroxylation is 2. The zero-order valence-corrected chi connectivity index (χ0v) is 15.2. The molecule has 1 saturated heterocycles. The van der Waals surface area contributed by atoms with Crippen LogP contribution in [0.25, 0.3) is 5.82 Å². The van der Waals surface area contributed by atoms with E-state index in [1.54, 1.807) is 10.9 Å². The molecule has 134 valence electrons. The summed E-state index contributed by atoms with van der Waals surface area (Å²) >= 11 is 0. The van der Waals surface area contributed by atoms with Crippen LogP contribution in [0.2, 0.25) is 0 Å². The fourth-order valence-electron chi connectivity index (χ4n) is 3.53. The number of benzene rings is 1. The Balaban J connectivity index is 1.50. The Morgan fingerprint density at radius 2 is 1.77 bits per heavy atom. The standard InChI is InChI=1S/C20H23N5O/c1-16-6-5-7-17(14-16)23-10-12-25(13-11-23)20(26)18-15-21-22(2)19(18)24-8-3-4-9-24/h3-9,14-15H,10-13H2,1-2H3. The maximum Gasteiger partial charge on any atom is 0.259 e. The minimum absolute atomic E-state index is 0.0469. The molecular formula is C20H23N5O. The average Bonchev–Trinajstić information content (AvgIpc) is 3.30. The lowest BCUT2D eigenvalue weighted by molar-refractivity contribution is 0.0746. The predicted octanol–water partition coefficient (Wildman–Crippen LogP) is 2.48. The molecule has 26 heavy (non-hydrogen) atoms. The van der Waals surface area contributed by atoms with Crippen molar-refractivity contribution < 1.29 is 4.79 Å². The van der Waals surface area contributed by atoms with Gasteiger partial charge in [0.25, 0.3) is 5.91 Å². The number of carbonyl (C=O) groups is 1. The van der Waals surface area contributed by atoms with Gasteiger partial charge in [-0.05, 0) is 36.8 Å². The summed E-state index contributed by atoms with van der Waals surface area (Å²) in [6.07, 6.45) is 5.54. The van der Waals surface area contributed by atoms with E-state index < -0.39 is 0 Å². The van der Waals surface area contributed by atoms with Crippen LogP contribution in [0.15, 0.2) is 55.0 Å². The summed E-state index contributed by atoms with van der Waals surface area (Å²) in [5.41, 5.74) is 3.13. The Labute approximate surface area is 153 Å². The summed E-state index contributed by atoms with van der Waals surface area (Å²) in [7, 11) is 1.86. The number of carbonyl (C=O) groups excluding carboxylic acids is 1. The molecule has 6 nitrogen and oxygen atoms in total. The molecule has 0 N–H and O–H groups in total. The third kappa shape index (κ3) is 2.98. The fourth-order valence-corrected chi connectivity index (χ4v) is 3.53. The van der Waals surface area contributed by atoms with E-state index in [4.69, 9.17) is 0 Å². The molecule has 4 rings (SSSR count). The van der Waals surface area contributed by atoms with Gasteiger partial charge in [-0.2, -0.15) is 5.10 Å². The number of anilines is 1. The highest BCUT2D eigenvalue weighted by Crippen LogP contribution is 2.20. The highest BCUT2D eigenvalue weighted by atomic mass is 16.2. The second-order valence-corrected chi connectivity index (χ2v) is 6.71. The molecule has 0 spiro atoms. The lowest BCUT2D eigenvalue weighted by atomic mass is 10.2. The van der Waals surface area contributed by atoms with Gasteiger partial charge in [0.2, 0.25) is 0 Å². The number of rotatable bonds is 3. The molecule has 6 heteroatoms. The molecule has 3 aromatic rings. The molecule has 3 heterocycles. The molecule has 1 fully saturated rings. The summed E-state index contributed by atoms with van der Waals surface area (Å²) in [5.74, 6) is 0.854. The molecule has 1 aliphatic rings. The van der Waals surface area contributed by atoms with Crippen LogP contribution in [0.4, 0.5) is 5.69 Å². The lowest BCUT2D eigenvalue weighted by Gasteiger charge is -2.36. The number of nitrogens with zero attached hydrogens (tertiary/aromatic N) is 5. The van der Waals surface area contributed by atoms with Crippen LogP contribution >= 0.6 is 0 Å². The highest BCUT2D eigenvalue weighted by Gasteiger charge is 2.26. The average molecular weight is 349 g/mol. The van der Waals surface area contributed by atoms with E-state index in [1.807, 2.05) is 41.0 Å². The van der Waals surface area contributed by atoms with E-state index in [0.717, 1.165) is 18.9 Å². The van der Waals surface area contributed by atoms with Gasteiger partial charge in [-0.25, -0.2) is 0 Å². The first-order valence-electron chi connectivity index (χ1n) is 8.90. The summed E-state index contributed by atoms with van der Waals surface area (Å²) in [4.78, 5) is 17.3. The molecular weight excluding hydrogens is 326 g/mol. The van der Waals surface area contributed by atoms with Crippen LogP contribution in [-0.2, 0) is 7.05 Å². The lowest BCUT2D eigenvalue weighted by Crippen LogP contribution is -2.49. The summed E-state index contributed by atoms with van der Waals surface area (Å²) in [6.45, 7) is 5.22. The first-order chi connectivity index (χ1) is 12.6. The Kier molecular flexibility index (Phi) is 4.24. The van der Waals surface area contributed by atoms with Crippen LogP contribution in [-0.4, -0.2) is 51.3 Å². The van der Waals surface area contributed by atoms with Crippen LogP contribution in [0.3, 0.4) is 0 Å². The normalized spacial score (nSPS) is 14.7. The summed E-state index contributed by atoms with van der Waals surface area (Å²) in [5, 5.41) is 4.30. The maximum atomic E-state index is 13.1. The van der Waals surface area contributed by atoms with Gasteiger partial charge < -0.3 is 14.4 Å². The number of hydrogen-bond acceptors (Lipinski definition) is 3. The Bertz CT molecular complexity index is 904. The van der Waals surface area contributed by atoms with Crippen molar-refractivity contribution in [2.45, 2.75) is 6.92 Å². The predicted molar refractivity (Wildman–Crippen MR) is 102 cm³/mol. The number of hydrogen-bond donors (Lipinski definition) is 0. The van der Waals surface area contributed by atoms with Crippen molar-refractivity contribution >= 4 is 11.6 Å². The van der Waals surface area contributed by atoms with Crippen molar-refractivity contribution in [3.63, 3.8) is 0 Å². The summed E-state index contributed by atoms with van der Waals surface area (Å²) < 4.78 is 3.68. The van der Waals surface area contributed by atoms with E-state index >= 15 is 0 Å². The third-order valence-electron chi connectivity index (χ3n) is 4.92. The number of amides is 1. The van der Waals surface area contributed by atoms with E-state index in [9.17, 15) is 4.79 Å². The quantitative estimate of drug-likeness (QED) is 0.730. The Morgan fingerprint density at radius 3 is 2.46 bits per heavy atom. The number of piperazine rings is 1. The van der Waals surface area contributed by atoms with Gasteiger partial charge >= 0.3 is 0 Å². The summed E-state index contributed by atoms with van der Waals surface area (Å²) in [6, 6.07) is 12.4. The van der Waals surface area contributed by atoms with Gasteiger partial charge in [0.1, 0.15) is 11.4 Å². The molecule has 0 unspecified atom stereocenters. The molecule has 0 radical (unpaired) electrons. The highest BCUT2D eigenvalue weighted by molar-refractivity contribution is 5.97. The Hall–Kier alpha value is -3.02. The van der Waals surface area contributed by atoms with Crippen molar-refractivity contribution in [2.24, 2.45) is 7.05 Å². The third-order valence-corrected chi connectivity index (χ3v) is 4.92. The zero-order valence-electron chi connectivity index (χ0n) is 15.2. The van der Waals surface area contributed by atoms with Crippen molar-refractivity contribution in [3.05, 3.63) is 66.1 Å². The molecule has 1 amide bonds. The largest absolute Gasteiger partial charge is 0.368 e. The first kappa shape index (κ1) is 16.4. The van der Waals surface area contributed by atoms with Crippen LogP contribution in [0.5, 0.6) is 0 Å². The van der Waals surface area contributed by atoms with Gasteiger partial charge in [-0.1, -0.05) is 12.1 Å². The van der Waals surface area contributed by atoms with E-state index in [1.165, 1.54) is 11.3 Å². The van der Waals surface area contributed by atoms with Gasteiger partial charge in [0, 0.05) is 51.3 Å². The molecule has 1 aromatic carbocycles. The van der Waals surface area contributed by atoms with Crippen molar-refractivity contribution in [3.8, 4) is 5.82 Å². The van der Waals surface area contributed by atoms with Crippen molar-refractivity contribution in [1.82, 2.24) is 19.2 Å². The topological polar surface area (TPSA) is 46.3 Å². The van der Waals surface area contributed by atoms with E-state index in [2.05, 4.69) is 41.2 Å². The fraction of sp³-hybridized carbons (Fsp3) is 0.300. The Morgan fingerprint density at radius 1 is 1.04 bits per heavy atom. The minimum Gasteiger partial charge on any atom is -0.368 e. The molecule has 2 aromatic heterocycles. The first-order valence-corrected chi connectivity index (χ1v) is 8.90. The number of aromatic nitrogens is 3. The zero-order chi connectivity index (χ0) is 18.1. The molecule has 1 aliphatic heterocycles. The molecule has 0 atom stereocenters. The van der Waals surface area contributed by atoms with Crippen molar-refractivity contribution in [1.29, 1.82) is 0 Å². The smallest absolute Gasteiger partial charge is 0.259 e. The monoisotopic (exact) mass is 349 g/mol. The molecule has 0 bridgehead atoms. The minimum atomic E-state index is 0.0469. The van der Waals surface area contributed by atoms with E-state index in [-0.39, 0.29) is 5.91 Å². The van der Waals surface area contributed by atoms with Crippen LogP contribution in [0, 0.1) is 6.92 Å². The van der Waals surface area contributed by atoms with Gasteiger partial charge in [0.05, 0.1) is 6.20 Å². The maximum absolute atomic E-state index is 13.1.